The average molecular weight is 655 g/mol. The molecule has 1 fully saturated rings. The van der Waals surface area contributed by atoms with E-state index in [4.69, 9.17) is 31.3 Å². The fraction of sp³-hybridized carbons (Fsp3) is 0.345. The number of fused-ring (bicyclic) bond motifs is 2. The van der Waals surface area contributed by atoms with Gasteiger partial charge in [0.1, 0.15) is 41.1 Å². The van der Waals surface area contributed by atoms with Gasteiger partial charge in [-0.15, -0.1) is 15.3 Å². The highest BCUT2D eigenvalue weighted by atomic mass is 35.5. The summed E-state index contributed by atoms with van der Waals surface area (Å²) in [4.78, 5) is 15.2. The van der Waals surface area contributed by atoms with Crippen molar-refractivity contribution in [3.8, 4) is 23.5 Å². The van der Waals surface area contributed by atoms with Crippen molar-refractivity contribution in [1.82, 2.24) is 44.8 Å². The molecule has 12 nitrogen and oxygen atoms in total. The van der Waals surface area contributed by atoms with Gasteiger partial charge in [0, 0.05) is 30.3 Å². The predicted molar refractivity (Wildman–Crippen MR) is 153 cm³/mol. The lowest BCUT2D eigenvalue weighted by Gasteiger charge is -2.30. The second-order valence-electron chi connectivity index (χ2n) is 10.9. The summed E-state index contributed by atoms with van der Waals surface area (Å²) in [6.45, 7) is 1.74. The highest BCUT2D eigenvalue weighted by molar-refractivity contribution is 6.30. The first-order valence-electron chi connectivity index (χ1n) is 14.2. The third-order valence-electron chi connectivity index (χ3n) is 7.86. The summed E-state index contributed by atoms with van der Waals surface area (Å²) >= 11 is 5.80. The van der Waals surface area contributed by atoms with Gasteiger partial charge in [-0.3, -0.25) is 10.00 Å². The molecule has 0 aliphatic carbocycles. The molecule has 5 aromatic rings. The molecule has 0 saturated carbocycles. The molecule has 1 aromatic carbocycles. The van der Waals surface area contributed by atoms with Crippen LogP contribution in [0.3, 0.4) is 0 Å². The Morgan fingerprint density at radius 2 is 2.00 bits per heavy atom. The molecular formula is C29H23ClF4N10O2. The van der Waals surface area contributed by atoms with E-state index in [0.29, 0.717) is 66.6 Å². The Labute approximate surface area is 263 Å². The maximum absolute atomic E-state index is 14.3. The molecule has 1 N–H and O–H groups in total. The van der Waals surface area contributed by atoms with E-state index in [1.807, 2.05) is 15.5 Å². The van der Waals surface area contributed by atoms with E-state index in [1.54, 1.807) is 6.07 Å². The van der Waals surface area contributed by atoms with Crippen LogP contribution in [0.2, 0.25) is 5.02 Å². The molecule has 2 aliphatic heterocycles. The lowest BCUT2D eigenvalue weighted by atomic mass is 10.0. The number of hydrogen-bond donors (Lipinski definition) is 1. The third-order valence-corrected chi connectivity index (χ3v) is 8.09. The van der Waals surface area contributed by atoms with Gasteiger partial charge in [0.15, 0.2) is 11.5 Å². The van der Waals surface area contributed by atoms with Crippen LogP contribution in [0.15, 0.2) is 30.3 Å². The van der Waals surface area contributed by atoms with Crippen LogP contribution in [0.1, 0.15) is 40.5 Å². The van der Waals surface area contributed by atoms with Crippen LogP contribution in [0.4, 0.5) is 17.6 Å². The molecule has 7 rings (SSSR count). The molecular weight excluding hydrogens is 632 g/mol. The number of halogens is 5. The molecule has 2 aliphatic rings. The second kappa shape index (κ2) is 11.9. The van der Waals surface area contributed by atoms with Crippen molar-refractivity contribution in [3.63, 3.8) is 0 Å². The number of imidazole rings is 1. The molecule has 0 radical (unpaired) electrons. The van der Waals surface area contributed by atoms with E-state index in [9.17, 15) is 17.6 Å². The van der Waals surface area contributed by atoms with Crippen molar-refractivity contribution in [3.05, 3.63) is 75.2 Å². The summed E-state index contributed by atoms with van der Waals surface area (Å²) in [7, 11) is 0. The molecule has 4 aromatic heterocycles. The topological polar surface area (TPSA) is 144 Å². The zero-order valence-electron chi connectivity index (χ0n) is 23.9. The highest BCUT2D eigenvalue weighted by Crippen LogP contribution is 2.38. The van der Waals surface area contributed by atoms with Crippen LogP contribution in [0, 0.1) is 17.1 Å². The summed E-state index contributed by atoms with van der Waals surface area (Å²) in [5.41, 5.74) is 1.36. The van der Waals surface area contributed by atoms with Crippen molar-refractivity contribution in [2.75, 3.05) is 13.2 Å². The number of pyridine rings is 1. The molecule has 0 spiro atoms. The molecule has 0 unspecified atom stereocenters. The van der Waals surface area contributed by atoms with E-state index >= 15 is 0 Å². The molecule has 0 amide bonds. The first kappa shape index (κ1) is 30.0. The van der Waals surface area contributed by atoms with E-state index < -0.39 is 30.0 Å². The quantitative estimate of drug-likeness (QED) is 0.236. The van der Waals surface area contributed by atoms with Crippen LogP contribution in [-0.4, -0.2) is 64.1 Å². The minimum absolute atomic E-state index is 0.0141. The van der Waals surface area contributed by atoms with Gasteiger partial charge in [-0.2, -0.15) is 23.4 Å². The summed E-state index contributed by atoms with van der Waals surface area (Å²) < 4.78 is 69.4. The lowest BCUT2D eigenvalue weighted by Crippen LogP contribution is -2.34. The highest BCUT2D eigenvalue weighted by Gasteiger charge is 2.37. The summed E-state index contributed by atoms with van der Waals surface area (Å²) in [6, 6.07) is 8.48. The van der Waals surface area contributed by atoms with Crippen LogP contribution in [-0.2, 0) is 43.6 Å². The number of aromatic amines is 1. The zero-order chi connectivity index (χ0) is 32.0. The molecule has 236 valence electrons. The van der Waals surface area contributed by atoms with Crippen LogP contribution in [0.5, 0.6) is 5.88 Å². The summed E-state index contributed by atoms with van der Waals surface area (Å²) in [6.07, 6.45) is -3.53. The van der Waals surface area contributed by atoms with Crippen molar-refractivity contribution in [1.29, 1.82) is 5.26 Å². The van der Waals surface area contributed by atoms with Gasteiger partial charge in [-0.05, 0) is 42.7 Å². The molecule has 1 saturated heterocycles. The monoisotopic (exact) mass is 654 g/mol. The Bertz CT molecular complexity index is 1990. The van der Waals surface area contributed by atoms with E-state index in [0.717, 1.165) is 18.6 Å². The minimum Gasteiger partial charge on any atom is -0.472 e. The maximum Gasteiger partial charge on any atom is 0.421 e. The Hall–Kier alpha value is -4.72. The van der Waals surface area contributed by atoms with E-state index in [1.165, 1.54) is 12.1 Å². The van der Waals surface area contributed by atoms with Crippen molar-refractivity contribution >= 4 is 22.8 Å². The smallest absolute Gasteiger partial charge is 0.421 e. The molecule has 0 bridgehead atoms. The van der Waals surface area contributed by atoms with Crippen molar-refractivity contribution in [2.24, 2.45) is 0 Å². The maximum atomic E-state index is 14.3. The zero-order valence-corrected chi connectivity index (χ0v) is 24.6. The van der Waals surface area contributed by atoms with Gasteiger partial charge >= 0.3 is 6.18 Å². The molecule has 1 atom stereocenters. The lowest BCUT2D eigenvalue weighted by molar-refractivity contribution is -0.139. The summed E-state index contributed by atoms with van der Waals surface area (Å²) in [5, 5.41) is 24.3. The van der Waals surface area contributed by atoms with Crippen LogP contribution < -0.4 is 4.74 Å². The number of nitrogens with one attached hydrogen (secondary N) is 1. The number of rotatable bonds is 8. The fourth-order valence-corrected chi connectivity index (χ4v) is 5.55. The third kappa shape index (κ3) is 5.96. The first-order chi connectivity index (χ1) is 22.1. The first-order valence-corrected chi connectivity index (χ1v) is 14.6. The normalized spacial score (nSPS) is 16.7. The Kier molecular flexibility index (Phi) is 7.75. The second-order valence-corrected chi connectivity index (χ2v) is 11.3. The van der Waals surface area contributed by atoms with E-state index in [2.05, 4.69) is 30.4 Å². The number of nitrogens with zero attached hydrogens (tertiary/aromatic N) is 9. The van der Waals surface area contributed by atoms with Gasteiger partial charge in [0.05, 0.1) is 24.9 Å². The number of nitriles is 1. The SMILES string of the molecule is N#Cc1n[nH]c(-c2cc3nc(CN4CCc5cc(C(F)(F)F)c(OCc6ccc(Cl)cc6F)nc5C4)n(C[C@@H]4CCO4)c3nn2)n1. The minimum atomic E-state index is -4.72. The number of hydrogen-bond acceptors (Lipinski definition) is 10. The number of alkyl halides is 3. The number of H-pyrrole nitrogens is 1. The van der Waals surface area contributed by atoms with Gasteiger partial charge in [-0.1, -0.05) is 17.7 Å². The molecule has 6 heterocycles. The van der Waals surface area contributed by atoms with Crippen molar-refractivity contribution in [2.45, 2.75) is 51.4 Å². The Morgan fingerprint density at radius 3 is 2.72 bits per heavy atom. The van der Waals surface area contributed by atoms with Gasteiger partial charge in [0.25, 0.3) is 5.82 Å². The van der Waals surface area contributed by atoms with Gasteiger partial charge in [-0.25, -0.2) is 14.4 Å². The Morgan fingerprint density at radius 1 is 1.15 bits per heavy atom. The standard InChI is InChI=1S/C29H23ClF4N10O2/c30-17-2-1-16(20(31)8-17)14-46-28-19(29(32,33)34)7-15-3-5-43(12-23(15)37-28)13-25-36-22-9-21(26-38-24(10-35)40-41-26)39-42-27(22)44(25)11-18-4-6-45-18/h1-2,7-9,18H,3-6,11-14H2,(H,38,40,41)/t18-/m0/s1. The largest absolute Gasteiger partial charge is 0.472 e. The summed E-state index contributed by atoms with van der Waals surface area (Å²) in [5.74, 6) is -0.399. The Balaban J connectivity index is 1.16. The molecule has 17 heteroatoms. The van der Waals surface area contributed by atoms with E-state index in [-0.39, 0.29) is 34.9 Å². The molecule has 46 heavy (non-hydrogen) atoms. The fourth-order valence-electron chi connectivity index (χ4n) is 5.39. The van der Waals surface area contributed by atoms with Crippen molar-refractivity contribution < 1.29 is 27.0 Å². The number of ether oxygens (including phenoxy) is 2. The number of benzene rings is 1. The van der Waals surface area contributed by atoms with Gasteiger partial charge in [0.2, 0.25) is 5.88 Å². The van der Waals surface area contributed by atoms with Gasteiger partial charge < -0.3 is 14.0 Å². The average Bonchev–Trinajstić information content (AvgIpc) is 3.62. The number of aromatic nitrogens is 8. The van der Waals surface area contributed by atoms with Crippen LogP contribution in [0.25, 0.3) is 22.7 Å². The van der Waals surface area contributed by atoms with Crippen LogP contribution >= 0.6 is 11.6 Å². The predicted octanol–water partition coefficient (Wildman–Crippen LogP) is 4.62.